The van der Waals surface area contributed by atoms with Crippen LogP contribution in [0.3, 0.4) is 0 Å². The summed E-state index contributed by atoms with van der Waals surface area (Å²) in [5, 5.41) is 15.6. The number of benzene rings is 2. The summed E-state index contributed by atoms with van der Waals surface area (Å²) in [6.07, 6.45) is 0. The number of H-pyrrole nitrogens is 1. The summed E-state index contributed by atoms with van der Waals surface area (Å²) in [7, 11) is 0. The molecule has 0 aliphatic carbocycles. The molecule has 0 aliphatic heterocycles. The standard InChI is InChI=1S/C20H16ClN3O2/c1-11-3-8-15(17(25)9-11)16-10-18(26)22-20-19(12(2)23-24(16)20)13-4-6-14(21)7-5-13/h3-10,25H,1-2H3,(H,22,26). The number of hydrogen-bond acceptors (Lipinski definition) is 3. The van der Waals surface area contributed by atoms with Gasteiger partial charge < -0.3 is 10.1 Å². The lowest BCUT2D eigenvalue weighted by atomic mass is 10.1. The van der Waals surface area contributed by atoms with Crippen molar-refractivity contribution in [1.29, 1.82) is 0 Å². The first-order valence-corrected chi connectivity index (χ1v) is 8.50. The predicted octanol–water partition coefficient (Wildman–Crippen LogP) is 4.33. The first-order valence-electron chi connectivity index (χ1n) is 8.12. The second-order valence-corrected chi connectivity index (χ2v) is 6.70. The smallest absolute Gasteiger partial charge is 0.251 e. The maximum atomic E-state index is 12.3. The van der Waals surface area contributed by atoms with Crippen molar-refractivity contribution in [2.24, 2.45) is 0 Å². The van der Waals surface area contributed by atoms with Crippen LogP contribution >= 0.6 is 11.6 Å². The van der Waals surface area contributed by atoms with Crippen molar-refractivity contribution in [2.75, 3.05) is 0 Å². The molecule has 0 unspecified atom stereocenters. The number of phenols is 1. The molecule has 0 saturated heterocycles. The number of halogens is 1. The largest absolute Gasteiger partial charge is 0.507 e. The minimum absolute atomic E-state index is 0.109. The number of aromatic hydroxyl groups is 1. The summed E-state index contributed by atoms with van der Waals surface area (Å²) < 4.78 is 1.66. The van der Waals surface area contributed by atoms with Gasteiger partial charge in [-0.3, -0.25) is 4.79 Å². The van der Waals surface area contributed by atoms with Crippen molar-refractivity contribution >= 4 is 17.2 Å². The molecule has 2 aromatic heterocycles. The maximum absolute atomic E-state index is 12.3. The Hall–Kier alpha value is -3.05. The Bertz CT molecular complexity index is 1190. The van der Waals surface area contributed by atoms with Crippen LogP contribution in [0.1, 0.15) is 11.3 Å². The van der Waals surface area contributed by atoms with E-state index >= 15 is 0 Å². The average Bonchev–Trinajstić information content (AvgIpc) is 2.91. The van der Waals surface area contributed by atoms with E-state index in [-0.39, 0.29) is 11.3 Å². The Morgan fingerprint density at radius 1 is 1.08 bits per heavy atom. The van der Waals surface area contributed by atoms with E-state index in [1.807, 2.05) is 32.0 Å². The SMILES string of the molecule is Cc1ccc(-c2cc(=O)[nH]c3c(-c4ccc(Cl)cc4)c(C)nn23)c(O)c1. The topological polar surface area (TPSA) is 70.4 Å². The summed E-state index contributed by atoms with van der Waals surface area (Å²) in [5.74, 6) is 0.109. The normalized spacial score (nSPS) is 11.2. The van der Waals surface area contributed by atoms with Gasteiger partial charge in [0.1, 0.15) is 11.4 Å². The number of hydrogen-bond donors (Lipinski definition) is 2. The van der Waals surface area contributed by atoms with Crippen LogP contribution in [0.15, 0.2) is 53.3 Å². The number of fused-ring (bicyclic) bond motifs is 1. The molecule has 6 heteroatoms. The third kappa shape index (κ3) is 2.66. The highest BCUT2D eigenvalue weighted by Gasteiger charge is 2.17. The maximum Gasteiger partial charge on any atom is 0.251 e. The summed E-state index contributed by atoms with van der Waals surface area (Å²) in [6.45, 7) is 3.78. The lowest BCUT2D eigenvalue weighted by Gasteiger charge is -2.08. The van der Waals surface area contributed by atoms with Gasteiger partial charge in [0, 0.05) is 22.2 Å². The fourth-order valence-electron chi connectivity index (χ4n) is 3.17. The van der Waals surface area contributed by atoms with E-state index in [2.05, 4.69) is 10.1 Å². The van der Waals surface area contributed by atoms with Gasteiger partial charge in [0.15, 0.2) is 0 Å². The number of nitrogens with one attached hydrogen (secondary N) is 1. The quantitative estimate of drug-likeness (QED) is 0.555. The molecule has 2 N–H and O–H groups in total. The van der Waals surface area contributed by atoms with Gasteiger partial charge in [0.25, 0.3) is 5.56 Å². The summed E-state index contributed by atoms with van der Waals surface area (Å²) in [5.41, 5.74) is 4.83. The van der Waals surface area contributed by atoms with Crippen LogP contribution in [0.25, 0.3) is 28.0 Å². The minimum atomic E-state index is -0.261. The molecule has 0 radical (unpaired) electrons. The van der Waals surface area contributed by atoms with Crippen molar-refractivity contribution < 1.29 is 5.11 Å². The number of nitrogens with zero attached hydrogens (tertiary/aromatic N) is 2. The Kier molecular flexibility index (Phi) is 3.81. The number of aromatic nitrogens is 3. The van der Waals surface area contributed by atoms with Gasteiger partial charge in [-0.15, -0.1) is 0 Å². The molecule has 0 aliphatic rings. The van der Waals surface area contributed by atoms with E-state index < -0.39 is 0 Å². The van der Waals surface area contributed by atoms with Crippen LogP contribution in [-0.4, -0.2) is 19.7 Å². The summed E-state index contributed by atoms with van der Waals surface area (Å²) in [6, 6.07) is 14.2. The number of phenolic OH excluding ortho intramolecular Hbond substituents is 1. The lowest BCUT2D eigenvalue weighted by Crippen LogP contribution is -2.10. The molecule has 0 atom stereocenters. The van der Waals surface area contributed by atoms with Crippen LogP contribution < -0.4 is 5.56 Å². The van der Waals surface area contributed by atoms with Gasteiger partial charge >= 0.3 is 0 Å². The van der Waals surface area contributed by atoms with Crippen molar-refractivity contribution in [3.05, 3.63) is 75.2 Å². The molecule has 4 rings (SSSR count). The Morgan fingerprint density at radius 2 is 1.81 bits per heavy atom. The fourth-order valence-corrected chi connectivity index (χ4v) is 3.29. The van der Waals surface area contributed by atoms with Gasteiger partial charge in [0.05, 0.1) is 11.4 Å². The van der Waals surface area contributed by atoms with Crippen LogP contribution in [0.4, 0.5) is 0 Å². The molecule has 0 bridgehead atoms. The molecule has 0 amide bonds. The molecule has 26 heavy (non-hydrogen) atoms. The van der Waals surface area contributed by atoms with E-state index in [4.69, 9.17) is 11.6 Å². The van der Waals surface area contributed by atoms with E-state index in [1.165, 1.54) is 6.07 Å². The molecular weight excluding hydrogens is 350 g/mol. The van der Waals surface area contributed by atoms with Crippen molar-refractivity contribution in [3.63, 3.8) is 0 Å². The van der Waals surface area contributed by atoms with Crippen molar-refractivity contribution in [3.8, 4) is 28.1 Å². The van der Waals surface area contributed by atoms with Crippen LogP contribution in [0.2, 0.25) is 5.02 Å². The van der Waals surface area contributed by atoms with Gasteiger partial charge in [-0.1, -0.05) is 29.8 Å². The molecular formula is C20H16ClN3O2. The summed E-state index contributed by atoms with van der Waals surface area (Å²) >= 11 is 5.99. The van der Waals surface area contributed by atoms with Crippen LogP contribution in [0.5, 0.6) is 5.75 Å². The molecule has 0 fully saturated rings. The third-order valence-electron chi connectivity index (χ3n) is 4.36. The molecule has 130 valence electrons. The zero-order valence-corrected chi connectivity index (χ0v) is 15.0. The molecule has 4 aromatic rings. The zero-order chi connectivity index (χ0) is 18.4. The zero-order valence-electron chi connectivity index (χ0n) is 14.2. The first kappa shape index (κ1) is 16.4. The molecule has 2 aromatic carbocycles. The highest BCUT2D eigenvalue weighted by atomic mass is 35.5. The van der Waals surface area contributed by atoms with Gasteiger partial charge in [-0.25, -0.2) is 4.52 Å². The summed E-state index contributed by atoms with van der Waals surface area (Å²) in [4.78, 5) is 15.2. The fraction of sp³-hybridized carbons (Fsp3) is 0.100. The molecule has 2 heterocycles. The van der Waals surface area contributed by atoms with E-state index in [1.54, 1.807) is 28.8 Å². The van der Waals surface area contributed by atoms with Gasteiger partial charge in [-0.05, 0) is 49.2 Å². The van der Waals surface area contributed by atoms with Gasteiger partial charge in [-0.2, -0.15) is 5.10 Å². The third-order valence-corrected chi connectivity index (χ3v) is 4.61. The average molecular weight is 366 g/mol. The number of aryl methyl sites for hydroxylation is 2. The highest BCUT2D eigenvalue weighted by Crippen LogP contribution is 2.33. The first-order chi connectivity index (χ1) is 12.4. The second kappa shape index (κ2) is 6.04. The van der Waals surface area contributed by atoms with E-state index in [0.717, 1.165) is 22.4 Å². The van der Waals surface area contributed by atoms with Gasteiger partial charge in [0.2, 0.25) is 0 Å². The molecule has 0 saturated carbocycles. The number of aromatic amines is 1. The van der Waals surface area contributed by atoms with Crippen LogP contribution in [-0.2, 0) is 0 Å². The van der Waals surface area contributed by atoms with E-state index in [0.29, 0.717) is 21.9 Å². The Labute approximate surface area is 154 Å². The minimum Gasteiger partial charge on any atom is -0.507 e. The van der Waals surface area contributed by atoms with E-state index in [9.17, 15) is 9.90 Å². The molecule has 5 nitrogen and oxygen atoms in total. The highest BCUT2D eigenvalue weighted by molar-refractivity contribution is 6.30. The molecule has 0 spiro atoms. The lowest BCUT2D eigenvalue weighted by molar-refractivity contribution is 0.476. The monoisotopic (exact) mass is 365 g/mol. The van der Waals surface area contributed by atoms with Crippen molar-refractivity contribution in [2.45, 2.75) is 13.8 Å². The van der Waals surface area contributed by atoms with Crippen LogP contribution in [0, 0.1) is 13.8 Å². The van der Waals surface area contributed by atoms with Crippen molar-refractivity contribution in [1.82, 2.24) is 14.6 Å². The Balaban J connectivity index is 2.04. The second-order valence-electron chi connectivity index (χ2n) is 6.27. The Morgan fingerprint density at radius 3 is 2.50 bits per heavy atom. The predicted molar refractivity (Wildman–Crippen MR) is 103 cm³/mol. The number of rotatable bonds is 2.